The standard InChI is InChI=1S/C23H31FN4O2S2/c24-20-3-5-21(6-4-20)27-11-9-26(10-12-27)16-19-17-28-8-7-18(19)14-22(28)15-25-32(29,30)23-2-1-13-31-23/h1-6,13,18-19,22,25H,7-12,14-17H2/t18-,19+,22-/m1/s1. The van der Waals surface area contributed by atoms with Crippen molar-refractivity contribution in [2.75, 3.05) is 57.3 Å². The maximum atomic E-state index is 13.2. The molecule has 5 heterocycles. The van der Waals surface area contributed by atoms with Gasteiger partial charge in [-0.25, -0.2) is 17.5 Å². The van der Waals surface area contributed by atoms with Gasteiger partial charge in [0.25, 0.3) is 0 Å². The number of hydrogen-bond acceptors (Lipinski definition) is 6. The van der Waals surface area contributed by atoms with E-state index < -0.39 is 10.0 Å². The van der Waals surface area contributed by atoms with Crippen LogP contribution in [0.5, 0.6) is 0 Å². The number of nitrogens with zero attached hydrogens (tertiary/aromatic N) is 3. The molecule has 1 unspecified atom stereocenters. The van der Waals surface area contributed by atoms with Crippen molar-refractivity contribution in [3.05, 3.63) is 47.6 Å². The first kappa shape index (κ1) is 22.3. The molecule has 1 N–H and O–H groups in total. The molecule has 4 aliphatic heterocycles. The third kappa shape index (κ3) is 4.87. The summed E-state index contributed by atoms with van der Waals surface area (Å²) in [5.41, 5.74) is 1.10. The van der Waals surface area contributed by atoms with Gasteiger partial charge in [-0.15, -0.1) is 11.3 Å². The summed E-state index contributed by atoms with van der Waals surface area (Å²) in [5.74, 6) is 1.14. The van der Waals surface area contributed by atoms with Crippen LogP contribution in [0.4, 0.5) is 10.1 Å². The Morgan fingerprint density at radius 3 is 2.50 bits per heavy atom. The van der Waals surface area contributed by atoms with Crippen LogP contribution in [0.2, 0.25) is 0 Å². The van der Waals surface area contributed by atoms with Gasteiger partial charge in [0.05, 0.1) is 0 Å². The predicted octanol–water partition coefficient (Wildman–Crippen LogP) is 2.70. The molecule has 0 amide bonds. The zero-order chi connectivity index (χ0) is 22.1. The van der Waals surface area contributed by atoms with Crippen LogP contribution < -0.4 is 9.62 Å². The first-order chi connectivity index (χ1) is 15.5. The minimum atomic E-state index is -3.39. The van der Waals surface area contributed by atoms with E-state index in [1.807, 2.05) is 12.1 Å². The van der Waals surface area contributed by atoms with Crippen LogP contribution in [0.3, 0.4) is 0 Å². The van der Waals surface area contributed by atoms with E-state index in [0.29, 0.717) is 28.6 Å². The van der Waals surface area contributed by atoms with Crippen molar-refractivity contribution in [3.63, 3.8) is 0 Å². The second-order valence-corrected chi connectivity index (χ2v) is 12.2. The van der Waals surface area contributed by atoms with Crippen LogP contribution in [0.1, 0.15) is 12.8 Å². The number of fused-ring (bicyclic) bond motifs is 3. The van der Waals surface area contributed by atoms with E-state index >= 15 is 0 Å². The highest BCUT2D eigenvalue weighted by molar-refractivity contribution is 7.91. The zero-order valence-corrected chi connectivity index (χ0v) is 19.8. The quantitative estimate of drug-likeness (QED) is 0.663. The lowest BCUT2D eigenvalue weighted by Gasteiger charge is -2.51. The van der Waals surface area contributed by atoms with Gasteiger partial charge < -0.3 is 4.90 Å². The molecule has 4 aliphatic rings. The van der Waals surface area contributed by atoms with E-state index in [-0.39, 0.29) is 5.82 Å². The monoisotopic (exact) mass is 478 g/mol. The van der Waals surface area contributed by atoms with Gasteiger partial charge in [-0.2, -0.15) is 0 Å². The number of nitrogens with one attached hydrogen (secondary N) is 1. The summed E-state index contributed by atoms with van der Waals surface area (Å²) in [6.45, 7) is 7.76. The van der Waals surface area contributed by atoms with Gasteiger partial charge in [0.1, 0.15) is 10.0 Å². The topological polar surface area (TPSA) is 55.9 Å². The Balaban J connectivity index is 1.10. The molecule has 0 radical (unpaired) electrons. The van der Waals surface area contributed by atoms with Crippen molar-refractivity contribution in [2.24, 2.45) is 11.8 Å². The van der Waals surface area contributed by atoms with E-state index in [4.69, 9.17) is 0 Å². The van der Waals surface area contributed by atoms with Gasteiger partial charge >= 0.3 is 0 Å². The molecule has 174 valence electrons. The molecule has 0 saturated carbocycles. The maximum absolute atomic E-state index is 13.2. The molecule has 4 atom stereocenters. The molecule has 2 bridgehead atoms. The largest absolute Gasteiger partial charge is 0.369 e. The summed E-state index contributed by atoms with van der Waals surface area (Å²) in [7, 11) is -3.39. The number of sulfonamides is 1. The molecule has 2 aromatic rings. The van der Waals surface area contributed by atoms with Gasteiger partial charge in [-0.1, -0.05) is 6.07 Å². The molecule has 4 saturated heterocycles. The zero-order valence-electron chi connectivity index (χ0n) is 18.2. The number of anilines is 1. The Kier molecular flexibility index (Phi) is 6.53. The fraction of sp³-hybridized carbons (Fsp3) is 0.565. The lowest BCUT2D eigenvalue weighted by atomic mass is 9.75. The smallest absolute Gasteiger partial charge is 0.250 e. The number of halogens is 1. The maximum Gasteiger partial charge on any atom is 0.250 e. The lowest BCUT2D eigenvalue weighted by molar-refractivity contribution is -0.0107. The molecule has 0 spiro atoms. The van der Waals surface area contributed by atoms with Gasteiger partial charge in [0, 0.05) is 57.5 Å². The molecule has 9 heteroatoms. The Hall–Kier alpha value is -1.52. The fourth-order valence-electron chi connectivity index (χ4n) is 5.53. The second kappa shape index (κ2) is 9.38. The Morgan fingerprint density at radius 1 is 1.06 bits per heavy atom. The Labute approximate surface area is 194 Å². The Bertz CT molecular complexity index is 992. The van der Waals surface area contributed by atoms with Crippen LogP contribution in [-0.2, 0) is 10.0 Å². The van der Waals surface area contributed by atoms with E-state index in [1.165, 1.54) is 29.9 Å². The Morgan fingerprint density at radius 2 is 1.84 bits per heavy atom. The second-order valence-electron chi connectivity index (χ2n) is 9.24. The van der Waals surface area contributed by atoms with Crippen LogP contribution in [0, 0.1) is 17.7 Å². The van der Waals surface area contributed by atoms with Crippen LogP contribution in [0.15, 0.2) is 46.0 Å². The van der Waals surface area contributed by atoms with E-state index in [2.05, 4.69) is 19.4 Å². The number of rotatable bonds is 7. The average molecular weight is 479 g/mol. The molecule has 32 heavy (non-hydrogen) atoms. The number of hydrogen-bond donors (Lipinski definition) is 1. The average Bonchev–Trinajstić information content (AvgIpc) is 3.36. The van der Waals surface area contributed by atoms with Crippen LogP contribution >= 0.6 is 11.3 Å². The summed E-state index contributed by atoms with van der Waals surface area (Å²) in [5, 5.41) is 1.80. The van der Waals surface area contributed by atoms with Crippen molar-refractivity contribution >= 4 is 27.0 Å². The summed E-state index contributed by atoms with van der Waals surface area (Å²) < 4.78 is 41.3. The van der Waals surface area contributed by atoms with E-state index in [1.54, 1.807) is 17.5 Å². The van der Waals surface area contributed by atoms with Crippen molar-refractivity contribution in [1.82, 2.24) is 14.5 Å². The summed E-state index contributed by atoms with van der Waals surface area (Å²) in [6, 6.07) is 10.5. The molecule has 6 nitrogen and oxygen atoms in total. The normalized spacial score (nSPS) is 28.8. The summed E-state index contributed by atoms with van der Waals surface area (Å²) >= 11 is 1.26. The highest BCUT2D eigenvalue weighted by Gasteiger charge is 2.41. The van der Waals surface area contributed by atoms with Crippen molar-refractivity contribution < 1.29 is 12.8 Å². The van der Waals surface area contributed by atoms with Crippen molar-refractivity contribution in [3.8, 4) is 0 Å². The van der Waals surface area contributed by atoms with E-state index in [9.17, 15) is 12.8 Å². The SMILES string of the molecule is O=S(=O)(NC[C@H]1C[C@H]2CCN1C[C@@H]2CN1CCN(c2ccc(F)cc2)CC1)c1cccs1. The minimum absolute atomic E-state index is 0.188. The highest BCUT2D eigenvalue weighted by atomic mass is 32.2. The van der Waals surface area contributed by atoms with Crippen LogP contribution in [0.25, 0.3) is 0 Å². The van der Waals surface area contributed by atoms with E-state index in [0.717, 1.165) is 57.9 Å². The molecule has 6 rings (SSSR count). The van der Waals surface area contributed by atoms with Crippen LogP contribution in [-0.4, -0.2) is 76.6 Å². The van der Waals surface area contributed by atoms with Crippen molar-refractivity contribution in [2.45, 2.75) is 23.1 Å². The molecule has 1 aromatic heterocycles. The predicted molar refractivity (Wildman–Crippen MR) is 126 cm³/mol. The minimum Gasteiger partial charge on any atom is -0.369 e. The third-order valence-corrected chi connectivity index (χ3v) is 10.2. The molecular formula is C23H31FN4O2S2. The molecule has 4 fully saturated rings. The number of piperazine rings is 1. The number of thiophene rings is 1. The summed E-state index contributed by atoms with van der Waals surface area (Å²) in [6.07, 6.45) is 2.29. The number of benzene rings is 1. The first-order valence-electron chi connectivity index (χ1n) is 11.5. The highest BCUT2D eigenvalue weighted by Crippen LogP contribution is 2.37. The molecule has 0 aliphatic carbocycles. The lowest BCUT2D eigenvalue weighted by Crippen LogP contribution is -2.59. The van der Waals surface area contributed by atoms with Gasteiger partial charge in [0.2, 0.25) is 10.0 Å². The number of piperidine rings is 3. The van der Waals surface area contributed by atoms with Gasteiger partial charge in [-0.05, 0) is 66.9 Å². The van der Waals surface area contributed by atoms with Gasteiger partial charge in [-0.3, -0.25) is 9.80 Å². The third-order valence-electron chi connectivity index (χ3n) is 7.34. The summed E-state index contributed by atoms with van der Waals surface area (Å²) in [4.78, 5) is 7.40. The molecule has 1 aromatic carbocycles. The van der Waals surface area contributed by atoms with Gasteiger partial charge in [0.15, 0.2) is 0 Å². The fourth-order valence-corrected chi connectivity index (χ4v) is 7.64. The first-order valence-corrected chi connectivity index (χ1v) is 13.8. The van der Waals surface area contributed by atoms with Crippen molar-refractivity contribution in [1.29, 1.82) is 0 Å². The molecular weight excluding hydrogens is 447 g/mol.